The van der Waals surface area contributed by atoms with Crippen molar-refractivity contribution in [3.63, 3.8) is 0 Å². The zero-order valence-corrected chi connectivity index (χ0v) is 24.8. The van der Waals surface area contributed by atoms with Gasteiger partial charge in [0, 0.05) is 29.0 Å². The predicted octanol–water partition coefficient (Wildman–Crippen LogP) is 9.32. The molecule has 0 atom stereocenters. The lowest BCUT2D eigenvalue weighted by Gasteiger charge is -2.12. The van der Waals surface area contributed by atoms with Gasteiger partial charge in [0.1, 0.15) is 11.5 Å². The minimum absolute atomic E-state index is 0.0869. The molecule has 0 saturated carbocycles. The summed E-state index contributed by atoms with van der Waals surface area (Å²) in [6.45, 7) is 8.50. The van der Waals surface area contributed by atoms with Crippen LogP contribution in [0.25, 0.3) is 11.1 Å². The zero-order valence-electron chi connectivity index (χ0n) is 24.0. The molecule has 39 heavy (non-hydrogen) atoms. The summed E-state index contributed by atoms with van der Waals surface area (Å²) in [6, 6.07) is 12.2. The first kappa shape index (κ1) is 32.2. The van der Waals surface area contributed by atoms with Gasteiger partial charge < -0.3 is 10.1 Å². The molecule has 0 aliphatic carbocycles. The highest BCUT2D eigenvalue weighted by Crippen LogP contribution is 2.31. The number of methoxy groups -OCH3 is 1. The Morgan fingerprint density at radius 2 is 1.67 bits per heavy atom. The van der Waals surface area contributed by atoms with Crippen LogP contribution < -0.4 is 5.32 Å². The SMILES string of the molecule is CCCC(CCC)c1nc(C(=O)Nc2ccc(F)cc2-c2ccc(C)cc2)cs1.CCCCCCC(=O)OC. The van der Waals surface area contributed by atoms with Crippen LogP contribution in [-0.4, -0.2) is 24.0 Å². The van der Waals surface area contributed by atoms with E-state index in [9.17, 15) is 14.0 Å². The van der Waals surface area contributed by atoms with Crippen molar-refractivity contribution in [2.24, 2.45) is 0 Å². The molecule has 0 spiro atoms. The molecule has 1 aromatic heterocycles. The average Bonchev–Trinajstić information content (AvgIpc) is 3.43. The van der Waals surface area contributed by atoms with Crippen molar-refractivity contribution in [2.75, 3.05) is 12.4 Å². The summed E-state index contributed by atoms with van der Waals surface area (Å²) in [4.78, 5) is 28.0. The highest BCUT2D eigenvalue weighted by molar-refractivity contribution is 7.10. The number of carbonyl (C=O) groups excluding carboxylic acids is 2. The van der Waals surface area contributed by atoms with Gasteiger partial charge in [-0.05, 0) is 49.9 Å². The number of ether oxygens (including phenoxy) is 1. The molecule has 0 aliphatic heterocycles. The number of unbranched alkanes of at least 4 members (excludes halogenated alkanes) is 3. The van der Waals surface area contributed by atoms with Crippen LogP contribution in [-0.2, 0) is 9.53 Å². The van der Waals surface area contributed by atoms with Crippen LogP contribution in [0.1, 0.15) is 106 Å². The Bertz CT molecular complexity index is 1150. The molecule has 7 heteroatoms. The van der Waals surface area contributed by atoms with Crippen molar-refractivity contribution in [3.8, 4) is 11.1 Å². The van der Waals surface area contributed by atoms with Crippen LogP contribution in [0.4, 0.5) is 10.1 Å². The van der Waals surface area contributed by atoms with Crippen molar-refractivity contribution < 1.29 is 18.7 Å². The van der Waals surface area contributed by atoms with E-state index < -0.39 is 0 Å². The number of aromatic nitrogens is 1. The molecule has 5 nitrogen and oxygen atoms in total. The van der Waals surface area contributed by atoms with Crippen molar-refractivity contribution in [1.82, 2.24) is 4.98 Å². The topological polar surface area (TPSA) is 68.3 Å². The number of halogens is 1. The largest absolute Gasteiger partial charge is 0.469 e. The second-order valence-electron chi connectivity index (χ2n) is 9.74. The Kier molecular flexibility index (Phi) is 14.4. The van der Waals surface area contributed by atoms with E-state index in [-0.39, 0.29) is 17.7 Å². The molecule has 0 bridgehead atoms. The van der Waals surface area contributed by atoms with Crippen molar-refractivity contribution in [2.45, 2.75) is 91.4 Å². The van der Waals surface area contributed by atoms with Gasteiger partial charge in [-0.2, -0.15) is 0 Å². The monoisotopic (exact) mass is 554 g/mol. The Hall–Kier alpha value is -3.06. The fourth-order valence-corrected chi connectivity index (χ4v) is 5.22. The molecule has 0 saturated heterocycles. The molecule has 3 rings (SSSR count). The first-order valence-corrected chi connectivity index (χ1v) is 14.9. The van der Waals surface area contributed by atoms with Crippen LogP contribution in [0.15, 0.2) is 47.8 Å². The van der Waals surface area contributed by atoms with Crippen LogP contribution >= 0.6 is 11.3 Å². The van der Waals surface area contributed by atoms with Gasteiger partial charge in [-0.25, -0.2) is 9.37 Å². The third-order valence-corrected chi connectivity index (χ3v) is 7.44. The van der Waals surface area contributed by atoms with Gasteiger partial charge in [0.05, 0.1) is 12.1 Å². The fraction of sp³-hybridized carbons (Fsp3) is 0.469. The summed E-state index contributed by atoms with van der Waals surface area (Å²) in [5, 5.41) is 5.76. The van der Waals surface area contributed by atoms with E-state index >= 15 is 0 Å². The Morgan fingerprint density at radius 1 is 0.974 bits per heavy atom. The lowest BCUT2D eigenvalue weighted by atomic mass is 9.99. The molecule has 1 amide bonds. The van der Waals surface area contributed by atoms with E-state index in [1.54, 1.807) is 17.4 Å². The molecule has 1 N–H and O–H groups in total. The smallest absolute Gasteiger partial charge is 0.305 e. The second-order valence-corrected chi connectivity index (χ2v) is 10.6. The molecule has 0 fully saturated rings. The highest BCUT2D eigenvalue weighted by atomic mass is 32.1. The highest BCUT2D eigenvalue weighted by Gasteiger charge is 2.18. The first-order valence-electron chi connectivity index (χ1n) is 14.0. The maximum Gasteiger partial charge on any atom is 0.305 e. The van der Waals surface area contributed by atoms with Gasteiger partial charge in [-0.1, -0.05) is 82.7 Å². The van der Waals surface area contributed by atoms with Crippen molar-refractivity contribution in [3.05, 3.63) is 69.9 Å². The molecule has 212 valence electrons. The molecule has 3 aromatic rings. The van der Waals surface area contributed by atoms with Crippen molar-refractivity contribution >= 4 is 28.9 Å². The van der Waals surface area contributed by atoms with Gasteiger partial charge in [-0.15, -0.1) is 11.3 Å². The van der Waals surface area contributed by atoms with Crippen LogP contribution in [0.2, 0.25) is 0 Å². The molecule has 0 aliphatic rings. The fourth-order valence-electron chi connectivity index (χ4n) is 4.25. The summed E-state index contributed by atoms with van der Waals surface area (Å²) < 4.78 is 18.4. The normalized spacial score (nSPS) is 10.6. The number of aryl methyl sites for hydroxylation is 1. The minimum Gasteiger partial charge on any atom is -0.469 e. The molecular weight excluding hydrogens is 511 g/mol. The number of hydrogen-bond donors (Lipinski definition) is 1. The van der Waals surface area contributed by atoms with E-state index in [0.717, 1.165) is 54.7 Å². The van der Waals surface area contributed by atoms with Gasteiger partial charge in [0.15, 0.2) is 0 Å². The summed E-state index contributed by atoms with van der Waals surface area (Å²) >= 11 is 1.55. The van der Waals surface area contributed by atoms with E-state index in [0.29, 0.717) is 29.3 Å². The molecule has 0 unspecified atom stereocenters. The lowest BCUT2D eigenvalue weighted by molar-refractivity contribution is -0.140. The number of esters is 1. The third kappa shape index (κ3) is 10.9. The molecular formula is C32H43FN2O3S. The molecule has 1 heterocycles. The van der Waals surface area contributed by atoms with Gasteiger partial charge in [-0.3, -0.25) is 9.59 Å². The number of nitrogens with one attached hydrogen (secondary N) is 1. The quantitative estimate of drug-likeness (QED) is 0.169. The number of carbonyl (C=O) groups is 2. The number of hydrogen-bond acceptors (Lipinski definition) is 5. The number of thiazole rings is 1. The Labute approximate surface area is 237 Å². The standard InChI is InChI=1S/C24H27FN2OS.C8H16O2/c1-4-6-18(7-5-2)24-27-22(15-29-24)23(28)26-21-13-12-19(25)14-20(21)17-10-8-16(3)9-11-17;1-3-4-5-6-7-8(9)10-2/h8-15,18H,4-7H2,1-3H3,(H,26,28);3-7H2,1-2H3. The average molecular weight is 555 g/mol. The van der Waals surface area contributed by atoms with Crippen LogP contribution in [0.5, 0.6) is 0 Å². The van der Waals surface area contributed by atoms with E-state index in [1.807, 2.05) is 36.6 Å². The number of benzene rings is 2. The van der Waals surface area contributed by atoms with E-state index in [2.05, 4.69) is 35.8 Å². The first-order chi connectivity index (χ1) is 18.8. The number of rotatable bonds is 13. The third-order valence-electron chi connectivity index (χ3n) is 6.43. The maximum atomic E-state index is 13.9. The van der Waals surface area contributed by atoms with E-state index in [4.69, 9.17) is 0 Å². The maximum absolute atomic E-state index is 13.9. The Balaban J connectivity index is 0.000000455. The molecule has 0 radical (unpaired) electrons. The van der Waals surface area contributed by atoms with Crippen LogP contribution in [0, 0.1) is 12.7 Å². The number of nitrogens with zero attached hydrogens (tertiary/aromatic N) is 1. The Morgan fingerprint density at radius 3 is 2.28 bits per heavy atom. The zero-order chi connectivity index (χ0) is 28.6. The van der Waals surface area contributed by atoms with Crippen molar-refractivity contribution in [1.29, 1.82) is 0 Å². The molecule has 2 aromatic carbocycles. The summed E-state index contributed by atoms with van der Waals surface area (Å²) in [7, 11) is 1.43. The minimum atomic E-state index is -0.337. The van der Waals surface area contributed by atoms with Gasteiger partial charge in [0.2, 0.25) is 0 Å². The van der Waals surface area contributed by atoms with E-state index in [1.165, 1.54) is 32.1 Å². The summed E-state index contributed by atoms with van der Waals surface area (Å²) in [5.74, 6) is -0.280. The van der Waals surface area contributed by atoms with Crippen LogP contribution in [0.3, 0.4) is 0 Å². The van der Waals surface area contributed by atoms with Gasteiger partial charge in [0.25, 0.3) is 5.91 Å². The predicted molar refractivity (Wildman–Crippen MR) is 160 cm³/mol. The summed E-state index contributed by atoms with van der Waals surface area (Å²) in [6.07, 6.45) is 9.49. The number of anilines is 1. The lowest BCUT2D eigenvalue weighted by Crippen LogP contribution is -2.13. The summed E-state index contributed by atoms with van der Waals surface area (Å²) in [5.41, 5.74) is 3.63. The second kappa shape index (κ2) is 17.5. The van der Waals surface area contributed by atoms with Gasteiger partial charge >= 0.3 is 5.97 Å². The number of amides is 1.